The lowest BCUT2D eigenvalue weighted by Gasteiger charge is -2.22. The van der Waals surface area contributed by atoms with Crippen LogP contribution in [0.5, 0.6) is 5.75 Å². The zero-order valence-electron chi connectivity index (χ0n) is 16.6. The van der Waals surface area contributed by atoms with Crippen LogP contribution in [0.15, 0.2) is 65.5 Å². The molecule has 0 aliphatic heterocycles. The SMILES string of the molecule is C[C@H](O)[C@@H](CCc1ccccc1OCc1cccc(Br)c1)n1cnc(C(N)=O)c1.Cl. The Hall–Kier alpha value is -2.35. The molecular weight excluding hydrogens is 470 g/mol. The quantitative estimate of drug-likeness (QED) is 0.464. The number of primary amides is 1. The van der Waals surface area contributed by atoms with Crippen LogP contribution in [0.4, 0.5) is 0 Å². The summed E-state index contributed by atoms with van der Waals surface area (Å²) in [4.78, 5) is 15.3. The summed E-state index contributed by atoms with van der Waals surface area (Å²) in [6.45, 7) is 2.20. The minimum atomic E-state index is -0.611. The zero-order chi connectivity index (χ0) is 20.8. The van der Waals surface area contributed by atoms with E-state index in [1.807, 2.05) is 48.5 Å². The van der Waals surface area contributed by atoms with Crippen LogP contribution in [0.1, 0.15) is 41.0 Å². The van der Waals surface area contributed by atoms with Gasteiger partial charge in [0.1, 0.15) is 18.1 Å². The third kappa shape index (κ3) is 6.32. The molecule has 6 nitrogen and oxygen atoms in total. The smallest absolute Gasteiger partial charge is 0.268 e. The Morgan fingerprint density at radius 3 is 2.70 bits per heavy atom. The second-order valence-electron chi connectivity index (χ2n) is 6.94. The highest BCUT2D eigenvalue weighted by Crippen LogP contribution is 2.26. The average Bonchev–Trinajstić information content (AvgIpc) is 3.17. The fourth-order valence-corrected chi connectivity index (χ4v) is 3.67. The van der Waals surface area contributed by atoms with Crippen molar-refractivity contribution in [3.8, 4) is 5.75 Å². The van der Waals surface area contributed by atoms with Crippen molar-refractivity contribution < 1.29 is 14.6 Å². The lowest BCUT2D eigenvalue weighted by molar-refractivity contribution is 0.0994. The molecular formula is C22H25BrClN3O3. The molecule has 8 heteroatoms. The third-order valence-electron chi connectivity index (χ3n) is 4.76. The van der Waals surface area contributed by atoms with Crippen LogP contribution in [-0.4, -0.2) is 26.7 Å². The van der Waals surface area contributed by atoms with Gasteiger partial charge in [-0.15, -0.1) is 12.4 Å². The van der Waals surface area contributed by atoms with Crippen molar-refractivity contribution >= 4 is 34.2 Å². The molecule has 1 amide bonds. The lowest BCUT2D eigenvalue weighted by Crippen LogP contribution is -2.21. The summed E-state index contributed by atoms with van der Waals surface area (Å²) in [5, 5.41) is 10.2. The van der Waals surface area contributed by atoms with Crippen LogP contribution in [0, 0.1) is 0 Å². The van der Waals surface area contributed by atoms with E-state index >= 15 is 0 Å². The maximum absolute atomic E-state index is 11.3. The first-order valence-corrected chi connectivity index (χ1v) is 10.2. The summed E-state index contributed by atoms with van der Waals surface area (Å²) in [6.07, 6.45) is 3.86. The molecule has 1 heterocycles. The van der Waals surface area contributed by atoms with Crippen molar-refractivity contribution in [1.29, 1.82) is 0 Å². The van der Waals surface area contributed by atoms with Crippen molar-refractivity contribution in [3.63, 3.8) is 0 Å². The van der Waals surface area contributed by atoms with Crippen molar-refractivity contribution in [2.45, 2.75) is 38.5 Å². The topological polar surface area (TPSA) is 90.4 Å². The standard InChI is InChI=1S/C22H24BrN3O3.ClH/c1-15(27)20(26-12-19(22(24)28)25-14-26)10-9-17-6-2-3-8-21(17)29-13-16-5-4-7-18(23)11-16;/h2-8,11-12,14-15,20,27H,9-10,13H2,1H3,(H2,24,28);1H/t15-,20+;/m0./s1. The van der Waals surface area contributed by atoms with Gasteiger partial charge in [0, 0.05) is 10.7 Å². The number of ether oxygens (including phenoxy) is 1. The first-order valence-electron chi connectivity index (χ1n) is 9.40. The van der Waals surface area contributed by atoms with Crippen molar-refractivity contribution in [3.05, 3.63) is 82.3 Å². The molecule has 1 aromatic heterocycles. The number of aromatic nitrogens is 2. The number of para-hydroxylation sites is 1. The molecule has 0 fully saturated rings. The Balaban J connectivity index is 0.00000320. The van der Waals surface area contributed by atoms with Crippen LogP contribution in [0.3, 0.4) is 0 Å². The molecule has 3 N–H and O–H groups in total. The number of rotatable bonds is 9. The van der Waals surface area contributed by atoms with Gasteiger partial charge >= 0.3 is 0 Å². The van der Waals surface area contributed by atoms with Crippen LogP contribution >= 0.6 is 28.3 Å². The number of nitrogens with two attached hydrogens (primary N) is 1. The number of carbonyl (C=O) groups excluding carboxylic acids is 1. The number of nitrogens with zero attached hydrogens (tertiary/aromatic N) is 2. The first-order chi connectivity index (χ1) is 13.9. The molecule has 0 saturated carbocycles. The molecule has 0 spiro atoms. The Morgan fingerprint density at radius 1 is 1.27 bits per heavy atom. The highest BCUT2D eigenvalue weighted by atomic mass is 79.9. The molecule has 2 atom stereocenters. The van der Waals surface area contributed by atoms with E-state index in [0.717, 1.165) is 21.3 Å². The molecule has 30 heavy (non-hydrogen) atoms. The number of aliphatic hydroxyl groups excluding tert-OH is 1. The van der Waals surface area contributed by atoms with Crippen LogP contribution in [0.25, 0.3) is 0 Å². The van der Waals surface area contributed by atoms with Gasteiger partial charge < -0.3 is 20.1 Å². The van der Waals surface area contributed by atoms with Crippen molar-refractivity contribution in [2.75, 3.05) is 0 Å². The minimum Gasteiger partial charge on any atom is -0.489 e. The molecule has 160 valence electrons. The summed E-state index contributed by atoms with van der Waals surface area (Å²) in [5.74, 6) is 0.236. The van der Waals surface area contributed by atoms with E-state index in [0.29, 0.717) is 19.4 Å². The van der Waals surface area contributed by atoms with Gasteiger partial charge in [-0.1, -0.05) is 46.3 Å². The Bertz CT molecular complexity index is 978. The predicted octanol–water partition coefficient (Wildman–Crippen LogP) is 4.30. The van der Waals surface area contributed by atoms with Crippen LogP contribution in [-0.2, 0) is 13.0 Å². The third-order valence-corrected chi connectivity index (χ3v) is 5.25. The van der Waals surface area contributed by atoms with E-state index in [-0.39, 0.29) is 24.1 Å². The van der Waals surface area contributed by atoms with Gasteiger partial charge in [0.2, 0.25) is 0 Å². The van der Waals surface area contributed by atoms with Crippen molar-refractivity contribution in [1.82, 2.24) is 9.55 Å². The second kappa shape index (κ2) is 11.2. The van der Waals surface area contributed by atoms with Crippen LogP contribution in [0.2, 0.25) is 0 Å². The number of aliphatic hydroxyl groups is 1. The molecule has 0 aliphatic rings. The molecule has 3 aromatic rings. The number of aryl methyl sites for hydroxylation is 1. The molecule has 3 rings (SSSR count). The zero-order valence-corrected chi connectivity index (χ0v) is 19.0. The average molecular weight is 495 g/mol. The number of hydrogen-bond acceptors (Lipinski definition) is 4. The summed E-state index contributed by atoms with van der Waals surface area (Å²) in [6, 6.07) is 15.7. The monoisotopic (exact) mass is 493 g/mol. The number of hydrogen-bond donors (Lipinski definition) is 2. The van der Waals surface area contributed by atoms with Gasteiger partial charge in [-0.25, -0.2) is 4.98 Å². The Kier molecular flexibility index (Phi) is 8.89. The number of benzene rings is 2. The summed E-state index contributed by atoms with van der Waals surface area (Å²) in [7, 11) is 0. The Morgan fingerprint density at radius 2 is 2.03 bits per heavy atom. The summed E-state index contributed by atoms with van der Waals surface area (Å²) < 4.78 is 8.81. The van der Waals surface area contributed by atoms with E-state index in [1.165, 1.54) is 6.33 Å². The summed E-state index contributed by atoms with van der Waals surface area (Å²) in [5.41, 5.74) is 7.61. The Labute approximate surface area is 190 Å². The van der Waals surface area contributed by atoms with Gasteiger partial charge in [-0.2, -0.15) is 0 Å². The van der Waals surface area contributed by atoms with Gasteiger partial charge in [0.15, 0.2) is 0 Å². The first kappa shape index (κ1) is 23.9. The van der Waals surface area contributed by atoms with Crippen molar-refractivity contribution in [2.24, 2.45) is 5.73 Å². The van der Waals surface area contributed by atoms with E-state index in [1.54, 1.807) is 17.7 Å². The van der Waals surface area contributed by atoms with E-state index in [9.17, 15) is 9.90 Å². The highest BCUT2D eigenvalue weighted by Gasteiger charge is 2.19. The largest absolute Gasteiger partial charge is 0.489 e. The molecule has 0 aliphatic carbocycles. The lowest BCUT2D eigenvalue weighted by atomic mass is 10.0. The number of imidazole rings is 1. The molecule has 2 aromatic carbocycles. The van der Waals surface area contributed by atoms with Gasteiger partial charge in [0.05, 0.1) is 18.5 Å². The van der Waals surface area contributed by atoms with Crippen LogP contribution < -0.4 is 10.5 Å². The van der Waals surface area contributed by atoms with Gasteiger partial charge in [-0.3, -0.25) is 4.79 Å². The number of amides is 1. The fraction of sp³-hybridized carbons (Fsp3) is 0.273. The van der Waals surface area contributed by atoms with E-state index < -0.39 is 12.0 Å². The molecule has 0 saturated heterocycles. The maximum atomic E-state index is 11.3. The predicted molar refractivity (Wildman–Crippen MR) is 122 cm³/mol. The second-order valence-corrected chi connectivity index (χ2v) is 7.86. The number of halogens is 2. The summed E-state index contributed by atoms with van der Waals surface area (Å²) >= 11 is 3.47. The van der Waals surface area contributed by atoms with Gasteiger partial charge in [-0.05, 0) is 49.1 Å². The highest BCUT2D eigenvalue weighted by molar-refractivity contribution is 9.10. The molecule has 0 unspecified atom stereocenters. The molecule has 0 bridgehead atoms. The number of carbonyl (C=O) groups is 1. The van der Waals surface area contributed by atoms with Gasteiger partial charge in [0.25, 0.3) is 5.91 Å². The minimum absolute atomic E-state index is 0. The van der Waals surface area contributed by atoms with E-state index in [4.69, 9.17) is 10.5 Å². The fourth-order valence-electron chi connectivity index (χ4n) is 3.23. The normalized spacial score (nSPS) is 12.6. The maximum Gasteiger partial charge on any atom is 0.268 e. The van der Waals surface area contributed by atoms with E-state index in [2.05, 4.69) is 20.9 Å². The molecule has 0 radical (unpaired) electrons.